The van der Waals surface area contributed by atoms with Gasteiger partial charge in [0, 0.05) is 9.79 Å². The summed E-state index contributed by atoms with van der Waals surface area (Å²) in [6.07, 6.45) is 8.14. The van der Waals surface area contributed by atoms with Crippen molar-refractivity contribution in [1.29, 1.82) is 0 Å². The Morgan fingerprint density at radius 3 is 1.25 bits per heavy atom. The van der Waals surface area contributed by atoms with Crippen molar-refractivity contribution in [3.05, 3.63) is 5.56 Å². The van der Waals surface area contributed by atoms with Crippen LogP contribution in [0.2, 0.25) is 0 Å². The Hall–Kier alpha value is 0.420. The van der Waals surface area contributed by atoms with Crippen molar-refractivity contribution in [2.24, 2.45) is 0 Å². The molecule has 0 bridgehead atoms. The van der Waals surface area contributed by atoms with Crippen molar-refractivity contribution in [3.63, 3.8) is 0 Å². The van der Waals surface area contributed by atoms with Crippen LogP contribution in [0.4, 0.5) is 0 Å². The average molecular weight is 293 g/mol. The molecule has 0 aliphatic heterocycles. The highest BCUT2D eigenvalue weighted by molar-refractivity contribution is 8.02. The molecule has 0 saturated heterocycles. The fraction of sp³-hybridized carbons (Fsp3) is 0.455. The molecule has 1 nitrogen and oxygen atoms in total. The van der Waals surface area contributed by atoms with Gasteiger partial charge in [-0.25, -0.2) is 0 Å². The molecule has 1 rings (SSSR count). The molecule has 0 atom stereocenters. The van der Waals surface area contributed by atoms with Gasteiger partial charge in [0.2, 0.25) is 0 Å². The SMILES string of the molecule is CSc1c(C)c(SC)c(SC)c(O)c1SC. The van der Waals surface area contributed by atoms with Crippen molar-refractivity contribution in [2.75, 3.05) is 25.0 Å². The van der Waals surface area contributed by atoms with E-state index in [1.54, 1.807) is 47.0 Å². The Kier molecular flexibility index (Phi) is 5.77. The molecule has 0 aliphatic carbocycles. The van der Waals surface area contributed by atoms with E-state index in [4.69, 9.17) is 0 Å². The highest BCUT2D eigenvalue weighted by Gasteiger charge is 2.19. The zero-order valence-corrected chi connectivity index (χ0v) is 13.3. The monoisotopic (exact) mass is 292 g/mol. The van der Waals surface area contributed by atoms with Gasteiger partial charge >= 0.3 is 0 Å². The van der Waals surface area contributed by atoms with E-state index in [-0.39, 0.29) is 0 Å². The summed E-state index contributed by atoms with van der Waals surface area (Å²) in [5.41, 5.74) is 1.28. The number of phenolic OH excluding ortho intramolecular Hbond substituents is 1. The van der Waals surface area contributed by atoms with Crippen LogP contribution < -0.4 is 0 Å². The molecule has 0 unspecified atom stereocenters. The maximum atomic E-state index is 10.3. The second-order valence-electron chi connectivity index (χ2n) is 3.11. The fourth-order valence-corrected chi connectivity index (χ4v) is 5.41. The lowest BCUT2D eigenvalue weighted by molar-refractivity contribution is 0.441. The van der Waals surface area contributed by atoms with E-state index in [0.29, 0.717) is 5.75 Å². The lowest BCUT2D eigenvalue weighted by Gasteiger charge is -2.18. The number of thioether (sulfide) groups is 4. The highest BCUT2D eigenvalue weighted by Crippen LogP contribution is 2.48. The Morgan fingerprint density at radius 1 is 0.688 bits per heavy atom. The third kappa shape index (κ3) is 2.47. The van der Waals surface area contributed by atoms with Crippen LogP contribution in [0.15, 0.2) is 19.6 Å². The van der Waals surface area contributed by atoms with Crippen molar-refractivity contribution >= 4 is 47.0 Å². The minimum Gasteiger partial charge on any atom is -0.506 e. The summed E-state index contributed by atoms with van der Waals surface area (Å²) in [4.78, 5) is 4.42. The largest absolute Gasteiger partial charge is 0.506 e. The van der Waals surface area contributed by atoms with Crippen molar-refractivity contribution in [1.82, 2.24) is 0 Å². The number of hydrogen-bond acceptors (Lipinski definition) is 5. The van der Waals surface area contributed by atoms with E-state index >= 15 is 0 Å². The Bertz CT molecular complexity index is 320. The van der Waals surface area contributed by atoms with Gasteiger partial charge in [-0.15, -0.1) is 47.0 Å². The third-order valence-corrected chi connectivity index (χ3v) is 6.05. The number of phenols is 1. The van der Waals surface area contributed by atoms with E-state index in [1.807, 2.05) is 12.5 Å². The predicted molar refractivity (Wildman–Crippen MR) is 80.0 cm³/mol. The first kappa shape index (κ1) is 14.5. The van der Waals surface area contributed by atoms with Crippen LogP contribution in [0.3, 0.4) is 0 Å². The van der Waals surface area contributed by atoms with Crippen molar-refractivity contribution < 1.29 is 5.11 Å². The van der Waals surface area contributed by atoms with E-state index in [2.05, 4.69) is 19.4 Å². The normalized spacial score (nSPS) is 10.8. The molecular formula is C11H16OS4. The molecule has 0 fully saturated rings. The van der Waals surface area contributed by atoms with Crippen molar-refractivity contribution in [2.45, 2.75) is 26.5 Å². The van der Waals surface area contributed by atoms with E-state index in [1.165, 1.54) is 15.4 Å². The summed E-state index contributed by atoms with van der Waals surface area (Å²) in [5, 5.41) is 10.3. The summed E-state index contributed by atoms with van der Waals surface area (Å²) < 4.78 is 0. The molecule has 0 radical (unpaired) electrons. The molecule has 0 aromatic heterocycles. The number of rotatable bonds is 4. The smallest absolute Gasteiger partial charge is 0.144 e. The van der Waals surface area contributed by atoms with Crippen molar-refractivity contribution in [3.8, 4) is 5.75 Å². The average Bonchev–Trinajstić information content (AvgIpc) is 2.30. The molecule has 5 heteroatoms. The van der Waals surface area contributed by atoms with Gasteiger partial charge in [-0.2, -0.15) is 0 Å². The van der Waals surface area contributed by atoms with Gasteiger partial charge in [-0.1, -0.05) is 0 Å². The van der Waals surface area contributed by atoms with Crippen LogP contribution in [-0.2, 0) is 0 Å². The molecule has 1 N–H and O–H groups in total. The minimum absolute atomic E-state index is 0.444. The summed E-state index contributed by atoms with van der Waals surface area (Å²) in [5.74, 6) is 0.444. The lowest BCUT2D eigenvalue weighted by atomic mass is 10.2. The Labute approximate surface area is 115 Å². The molecule has 1 aromatic rings. The first-order valence-electron chi connectivity index (χ1n) is 4.67. The van der Waals surface area contributed by atoms with Gasteiger partial charge in [0.1, 0.15) is 5.75 Å². The number of benzene rings is 1. The first-order chi connectivity index (χ1) is 7.62. The molecule has 16 heavy (non-hydrogen) atoms. The van der Waals surface area contributed by atoms with Crippen LogP contribution >= 0.6 is 47.0 Å². The van der Waals surface area contributed by atoms with Gasteiger partial charge in [0.05, 0.1) is 9.79 Å². The van der Waals surface area contributed by atoms with E-state index < -0.39 is 0 Å². The minimum atomic E-state index is 0.444. The third-order valence-electron chi connectivity index (χ3n) is 2.34. The zero-order valence-electron chi connectivity index (χ0n) is 10.1. The molecule has 0 spiro atoms. The van der Waals surface area contributed by atoms with Crippen LogP contribution in [0.5, 0.6) is 5.75 Å². The molecule has 90 valence electrons. The number of hydrogen-bond donors (Lipinski definition) is 1. The topological polar surface area (TPSA) is 20.2 Å². The van der Waals surface area contributed by atoms with Crippen LogP contribution in [0, 0.1) is 6.92 Å². The van der Waals surface area contributed by atoms with Gasteiger partial charge in [-0.3, -0.25) is 0 Å². The van der Waals surface area contributed by atoms with Gasteiger partial charge in [0.25, 0.3) is 0 Å². The molecule has 0 saturated carbocycles. The molecule has 0 aliphatic rings. The summed E-state index contributed by atoms with van der Waals surface area (Å²) in [6, 6.07) is 0. The standard InChI is InChI=1S/C11H16OS4/c1-6-8(13-2)10(15-4)7(12)11(16-5)9(6)14-3/h12H,1-5H3. The lowest BCUT2D eigenvalue weighted by Crippen LogP contribution is -1.92. The second kappa shape index (κ2) is 6.38. The van der Waals surface area contributed by atoms with Gasteiger partial charge < -0.3 is 5.11 Å². The van der Waals surface area contributed by atoms with Crippen LogP contribution in [-0.4, -0.2) is 30.1 Å². The zero-order chi connectivity index (χ0) is 12.3. The van der Waals surface area contributed by atoms with Gasteiger partial charge in [0.15, 0.2) is 0 Å². The van der Waals surface area contributed by atoms with Crippen LogP contribution in [0.1, 0.15) is 5.56 Å². The second-order valence-corrected chi connectivity index (χ2v) is 6.37. The maximum absolute atomic E-state index is 10.3. The van der Waals surface area contributed by atoms with E-state index in [9.17, 15) is 5.11 Å². The van der Waals surface area contributed by atoms with Gasteiger partial charge in [-0.05, 0) is 37.5 Å². The first-order valence-corrected chi connectivity index (χ1v) is 9.57. The molecule has 0 heterocycles. The summed E-state index contributed by atoms with van der Waals surface area (Å²) in [7, 11) is 0. The maximum Gasteiger partial charge on any atom is 0.144 e. The quantitative estimate of drug-likeness (QED) is 0.817. The molecule has 1 aromatic carbocycles. The van der Waals surface area contributed by atoms with E-state index in [0.717, 1.165) is 9.79 Å². The Morgan fingerprint density at radius 2 is 1.00 bits per heavy atom. The van der Waals surface area contributed by atoms with Crippen LogP contribution in [0.25, 0.3) is 0 Å². The molecule has 0 amide bonds. The molecular weight excluding hydrogens is 276 g/mol. The predicted octanol–water partition coefficient (Wildman–Crippen LogP) is 4.59. The summed E-state index contributed by atoms with van der Waals surface area (Å²) in [6.45, 7) is 2.14. The highest BCUT2D eigenvalue weighted by atomic mass is 32.2. The Balaban J connectivity index is 3.60. The fourth-order valence-electron chi connectivity index (χ4n) is 1.63. The number of aromatic hydroxyl groups is 1. The summed E-state index contributed by atoms with van der Waals surface area (Å²) >= 11 is 6.64.